The molecule has 0 amide bonds. The van der Waals surface area contributed by atoms with Gasteiger partial charge in [-0.3, -0.25) is 0 Å². The van der Waals surface area contributed by atoms with Crippen LogP contribution in [0.2, 0.25) is 0 Å². The van der Waals surface area contributed by atoms with Gasteiger partial charge < -0.3 is 14.3 Å². The molecule has 1 N–H and O–H groups in total. The van der Waals surface area contributed by atoms with Gasteiger partial charge in [0.1, 0.15) is 17.1 Å². The van der Waals surface area contributed by atoms with E-state index in [-0.39, 0.29) is 17.9 Å². The van der Waals surface area contributed by atoms with Gasteiger partial charge in [0.2, 0.25) is 0 Å². The van der Waals surface area contributed by atoms with Gasteiger partial charge in [0.25, 0.3) is 0 Å². The highest BCUT2D eigenvalue weighted by molar-refractivity contribution is 5.93. The fourth-order valence-corrected chi connectivity index (χ4v) is 1.92. The second kappa shape index (κ2) is 7.09. The van der Waals surface area contributed by atoms with E-state index in [0.29, 0.717) is 17.9 Å². The molecule has 0 unspecified atom stereocenters. The normalized spacial score (nSPS) is 10.6. The van der Waals surface area contributed by atoms with Crippen LogP contribution in [-0.2, 0) is 11.2 Å². The average molecular weight is 254 g/mol. The van der Waals surface area contributed by atoms with E-state index < -0.39 is 5.97 Å². The van der Waals surface area contributed by atoms with E-state index in [2.05, 4.69) is 6.92 Å². The fourth-order valence-electron chi connectivity index (χ4n) is 1.92. The van der Waals surface area contributed by atoms with Crippen LogP contribution in [0.25, 0.3) is 0 Å². The number of carbonyl (C=O) groups is 1. The molecule has 1 rings (SSSR count). The van der Waals surface area contributed by atoms with Crippen molar-refractivity contribution in [2.24, 2.45) is 0 Å². The predicted octanol–water partition coefficient (Wildman–Crippen LogP) is 3.59. The van der Waals surface area contributed by atoms with Crippen LogP contribution in [0.4, 0.5) is 0 Å². The third-order valence-electron chi connectivity index (χ3n) is 2.87. The zero-order chi connectivity index (χ0) is 13.5. The molecule has 4 heteroatoms. The molecule has 0 aliphatic rings. The molecule has 1 aromatic heterocycles. The Morgan fingerprint density at radius 2 is 2.00 bits per heavy atom. The van der Waals surface area contributed by atoms with Crippen LogP contribution < -0.4 is 0 Å². The van der Waals surface area contributed by atoms with E-state index >= 15 is 0 Å². The van der Waals surface area contributed by atoms with Crippen molar-refractivity contribution in [1.82, 2.24) is 0 Å². The van der Waals surface area contributed by atoms with Gasteiger partial charge >= 0.3 is 5.97 Å². The smallest absolute Gasteiger partial charge is 0.345 e. The van der Waals surface area contributed by atoms with Crippen molar-refractivity contribution in [3.63, 3.8) is 0 Å². The van der Waals surface area contributed by atoms with Crippen LogP contribution >= 0.6 is 0 Å². The predicted molar refractivity (Wildman–Crippen MR) is 68.9 cm³/mol. The summed E-state index contributed by atoms with van der Waals surface area (Å²) in [6.07, 6.45) is 5.05. The van der Waals surface area contributed by atoms with Gasteiger partial charge in [0, 0.05) is 6.42 Å². The van der Waals surface area contributed by atoms with E-state index in [1.165, 1.54) is 6.42 Å². The molecule has 0 spiro atoms. The van der Waals surface area contributed by atoms with Crippen molar-refractivity contribution in [3.8, 4) is 5.75 Å². The summed E-state index contributed by atoms with van der Waals surface area (Å²) in [6, 6.07) is 0. The molecule has 4 nitrogen and oxygen atoms in total. The van der Waals surface area contributed by atoms with Crippen LogP contribution in [0.1, 0.15) is 61.4 Å². The van der Waals surface area contributed by atoms with Crippen LogP contribution in [0, 0.1) is 6.92 Å². The Hall–Kier alpha value is -1.45. The van der Waals surface area contributed by atoms with Crippen LogP contribution in [0.3, 0.4) is 0 Å². The number of rotatable bonds is 7. The molecule has 0 aliphatic heterocycles. The Morgan fingerprint density at radius 3 is 2.61 bits per heavy atom. The maximum atomic E-state index is 11.6. The number of aryl methyl sites for hydroxylation is 2. The standard InChI is InChI=1S/C14H22O4/c1-4-6-7-8-9-11-13(15)12(10(3)18-11)14(16)17-5-2/h15H,4-9H2,1-3H3. The zero-order valence-corrected chi connectivity index (χ0v) is 11.4. The molecule has 0 saturated carbocycles. The molecule has 1 heterocycles. The van der Waals surface area contributed by atoms with Gasteiger partial charge in [-0.25, -0.2) is 4.79 Å². The highest BCUT2D eigenvalue weighted by atomic mass is 16.5. The molecule has 0 aliphatic carbocycles. The number of esters is 1. The second-order valence-electron chi connectivity index (χ2n) is 4.34. The molecular weight excluding hydrogens is 232 g/mol. The van der Waals surface area contributed by atoms with Crippen molar-refractivity contribution in [2.45, 2.75) is 52.9 Å². The van der Waals surface area contributed by atoms with Crippen molar-refractivity contribution in [1.29, 1.82) is 0 Å². The first-order valence-corrected chi connectivity index (χ1v) is 6.60. The molecule has 0 atom stereocenters. The summed E-state index contributed by atoms with van der Waals surface area (Å²) in [7, 11) is 0. The van der Waals surface area contributed by atoms with Crippen molar-refractivity contribution < 1.29 is 19.1 Å². The first-order chi connectivity index (χ1) is 8.61. The lowest BCUT2D eigenvalue weighted by Gasteiger charge is -2.00. The van der Waals surface area contributed by atoms with E-state index in [9.17, 15) is 9.90 Å². The third kappa shape index (κ3) is 3.52. The van der Waals surface area contributed by atoms with E-state index in [4.69, 9.17) is 9.15 Å². The third-order valence-corrected chi connectivity index (χ3v) is 2.87. The molecule has 102 valence electrons. The largest absolute Gasteiger partial charge is 0.504 e. The maximum Gasteiger partial charge on any atom is 0.345 e. The minimum atomic E-state index is -0.518. The summed E-state index contributed by atoms with van der Waals surface area (Å²) >= 11 is 0. The van der Waals surface area contributed by atoms with Crippen molar-refractivity contribution in [2.75, 3.05) is 6.61 Å². The molecule has 1 aromatic rings. The number of unbranched alkanes of at least 4 members (excludes halogenated alkanes) is 3. The van der Waals surface area contributed by atoms with Gasteiger partial charge in [-0.1, -0.05) is 26.2 Å². The summed E-state index contributed by atoms with van der Waals surface area (Å²) in [5, 5.41) is 9.97. The van der Waals surface area contributed by atoms with Crippen LogP contribution in [0.5, 0.6) is 5.75 Å². The lowest BCUT2D eigenvalue weighted by atomic mass is 10.1. The van der Waals surface area contributed by atoms with E-state index in [0.717, 1.165) is 19.3 Å². The Morgan fingerprint density at radius 1 is 1.28 bits per heavy atom. The number of hydrogen-bond donors (Lipinski definition) is 1. The average Bonchev–Trinajstić information content (AvgIpc) is 2.60. The van der Waals surface area contributed by atoms with Gasteiger partial charge in [0.15, 0.2) is 5.75 Å². The van der Waals surface area contributed by atoms with Crippen LogP contribution in [0.15, 0.2) is 4.42 Å². The zero-order valence-electron chi connectivity index (χ0n) is 11.4. The summed E-state index contributed by atoms with van der Waals surface area (Å²) < 4.78 is 10.3. The topological polar surface area (TPSA) is 59.7 Å². The first kappa shape index (κ1) is 14.6. The Balaban J connectivity index is 2.71. The lowest BCUT2D eigenvalue weighted by Crippen LogP contribution is -2.05. The highest BCUT2D eigenvalue weighted by Crippen LogP contribution is 2.31. The summed E-state index contributed by atoms with van der Waals surface area (Å²) in [6.45, 7) is 5.83. The SMILES string of the molecule is CCCCCCc1oc(C)c(C(=O)OCC)c1O. The quantitative estimate of drug-likeness (QED) is 0.596. The molecule has 0 saturated heterocycles. The monoisotopic (exact) mass is 254 g/mol. The first-order valence-electron chi connectivity index (χ1n) is 6.60. The summed E-state index contributed by atoms with van der Waals surface area (Å²) in [4.78, 5) is 11.6. The highest BCUT2D eigenvalue weighted by Gasteiger charge is 2.23. The fraction of sp³-hybridized carbons (Fsp3) is 0.643. The van der Waals surface area contributed by atoms with Gasteiger partial charge in [-0.05, 0) is 20.3 Å². The summed E-state index contributed by atoms with van der Waals surface area (Å²) in [5.41, 5.74) is 0.169. The van der Waals surface area contributed by atoms with E-state index in [1.807, 2.05) is 0 Å². The number of furan rings is 1. The molecule has 0 fully saturated rings. The Labute approximate surface area is 108 Å². The minimum Gasteiger partial charge on any atom is -0.504 e. The molecule has 0 radical (unpaired) electrons. The lowest BCUT2D eigenvalue weighted by molar-refractivity contribution is 0.0521. The van der Waals surface area contributed by atoms with Gasteiger partial charge in [0.05, 0.1) is 6.61 Å². The number of aromatic hydroxyl groups is 1. The maximum absolute atomic E-state index is 11.6. The van der Waals surface area contributed by atoms with Crippen molar-refractivity contribution in [3.05, 3.63) is 17.1 Å². The number of ether oxygens (including phenoxy) is 1. The minimum absolute atomic E-state index is 0.0533. The Bertz CT molecular complexity index is 393. The molecular formula is C14H22O4. The second-order valence-corrected chi connectivity index (χ2v) is 4.34. The number of carbonyl (C=O) groups excluding carboxylic acids is 1. The number of hydrogen-bond acceptors (Lipinski definition) is 4. The Kier molecular flexibility index (Phi) is 5.75. The molecule has 0 bridgehead atoms. The van der Waals surface area contributed by atoms with Crippen molar-refractivity contribution >= 4 is 5.97 Å². The van der Waals surface area contributed by atoms with Gasteiger partial charge in [-0.2, -0.15) is 0 Å². The van der Waals surface area contributed by atoms with Crippen LogP contribution in [-0.4, -0.2) is 17.7 Å². The summed E-state index contributed by atoms with van der Waals surface area (Å²) in [5.74, 6) is 0.349. The van der Waals surface area contributed by atoms with E-state index in [1.54, 1.807) is 13.8 Å². The molecule has 0 aromatic carbocycles. The molecule has 18 heavy (non-hydrogen) atoms. The van der Waals surface area contributed by atoms with Gasteiger partial charge in [-0.15, -0.1) is 0 Å².